The van der Waals surface area contributed by atoms with Crippen molar-refractivity contribution in [3.63, 3.8) is 0 Å². The van der Waals surface area contributed by atoms with E-state index in [1.807, 2.05) is 4.90 Å². The Morgan fingerprint density at radius 3 is 2.24 bits per heavy atom. The second-order valence-corrected chi connectivity index (χ2v) is 5.42. The Morgan fingerprint density at radius 2 is 1.82 bits per heavy atom. The largest absolute Gasteiger partial charge is 0.337 e. The highest BCUT2D eigenvalue weighted by Crippen LogP contribution is 2.17. The molecule has 0 saturated carbocycles. The molecule has 1 amide bonds. The predicted molar refractivity (Wildman–Crippen MR) is 70.6 cm³/mol. The molecule has 0 aliphatic carbocycles. The van der Waals surface area contributed by atoms with Gasteiger partial charge in [-0.2, -0.15) is 0 Å². The summed E-state index contributed by atoms with van der Waals surface area (Å²) in [6.07, 6.45) is 4.18. The molecule has 6 heteroatoms. The van der Waals surface area contributed by atoms with E-state index in [1.165, 1.54) is 0 Å². The lowest BCUT2D eigenvalue weighted by molar-refractivity contribution is 0.0750. The number of unbranched alkanes of at least 4 members (excludes halogenated alkanes) is 2. The number of hydrogen-bond acceptors (Lipinski definition) is 4. The van der Waals surface area contributed by atoms with Crippen molar-refractivity contribution in [2.75, 3.05) is 13.1 Å². The van der Waals surface area contributed by atoms with Crippen LogP contribution in [0.4, 0.5) is 0 Å². The Bertz CT molecular complexity index is 348. The van der Waals surface area contributed by atoms with Crippen molar-refractivity contribution < 1.29 is 4.79 Å². The molecule has 0 aliphatic heterocycles. The van der Waals surface area contributed by atoms with E-state index in [9.17, 15) is 4.79 Å². The minimum atomic E-state index is -0.0451. The van der Waals surface area contributed by atoms with Crippen molar-refractivity contribution in [1.29, 1.82) is 0 Å². The van der Waals surface area contributed by atoms with Crippen LogP contribution in [0.25, 0.3) is 0 Å². The van der Waals surface area contributed by atoms with Crippen molar-refractivity contribution in [3.05, 3.63) is 9.47 Å². The number of aromatic nitrogens is 2. The third-order valence-corrected chi connectivity index (χ3v) is 3.44. The normalized spacial score (nSPS) is 10.5. The molecule has 1 aromatic rings. The highest BCUT2D eigenvalue weighted by atomic mass is 35.5. The number of halogens is 1. The molecule has 1 rings (SSSR count). The number of carbonyl (C=O) groups is 1. The van der Waals surface area contributed by atoms with Gasteiger partial charge < -0.3 is 4.90 Å². The third-order valence-electron chi connectivity index (χ3n) is 2.43. The van der Waals surface area contributed by atoms with Gasteiger partial charge in [0, 0.05) is 13.1 Å². The molecule has 0 spiro atoms. The van der Waals surface area contributed by atoms with Gasteiger partial charge in [0.2, 0.25) is 9.47 Å². The molecule has 0 N–H and O–H groups in total. The molecule has 0 saturated heterocycles. The van der Waals surface area contributed by atoms with Crippen molar-refractivity contribution >= 4 is 28.8 Å². The lowest BCUT2D eigenvalue weighted by Gasteiger charge is -2.20. The summed E-state index contributed by atoms with van der Waals surface area (Å²) >= 11 is 6.84. The summed E-state index contributed by atoms with van der Waals surface area (Å²) in [4.78, 5) is 14.0. The van der Waals surface area contributed by atoms with Crippen molar-refractivity contribution in [1.82, 2.24) is 15.1 Å². The maximum Gasteiger partial charge on any atom is 0.284 e. The van der Waals surface area contributed by atoms with Crippen LogP contribution in [0.1, 0.15) is 49.3 Å². The molecule has 0 aromatic carbocycles. The molecule has 0 aliphatic rings. The third kappa shape index (κ3) is 4.60. The quantitative estimate of drug-likeness (QED) is 0.767. The highest BCUT2D eigenvalue weighted by molar-refractivity contribution is 7.17. The Hall–Kier alpha value is -0.680. The molecule has 1 heterocycles. The lowest BCUT2D eigenvalue weighted by Crippen LogP contribution is -2.32. The van der Waals surface area contributed by atoms with Gasteiger partial charge >= 0.3 is 0 Å². The van der Waals surface area contributed by atoms with E-state index in [0.29, 0.717) is 9.47 Å². The van der Waals surface area contributed by atoms with Gasteiger partial charge in [0.1, 0.15) is 0 Å². The Balaban J connectivity index is 2.64. The van der Waals surface area contributed by atoms with E-state index in [4.69, 9.17) is 11.6 Å². The fourth-order valence-electron chi connectivity index (χ4n) is 1.44. The van der Waals surface area contributed by atoms with Crippen molar-refractivity contribution in [2.24, 2.45) is 0 Å². The molecule has 0 fully saturated rings. The summed E-state index contributed by atoms with van der Waals surface area (Å²) in [5.41, 5.74) is 0. The molecule has 17 heavy (non-hydrogen) atoms. The first-order chi connectivity index (χ1) is 8.19. The van der Waals surface area contributed by atoms with E-state index in [-0.39, 0.29) is 5.91 Å². The number of amides is 1. The first-order valence-corrected chi connectivity index (χ1v) is 7.16. The van der Waals surface area contributed by atoms with Crippen LogP contribution >= 0.6 is 22.9 Å². The summed E-state index contributed by atoms with van der Waals surface area (Å²) in [7, 11) is 0. The average Bonchev–Trinajstić information content (AvgIpc) is 2.75. The summed E-state index contributed by atoms with van der Waals surface area (Å²) < 4.78 is 0.319. The molecule has 1 aromatic heterocycles. The standard InChI is InChI=1S/C11H18ClN3OS/c1-3-5-7-15(8-6-4-2)10(16)9-13-14-11(12)17-9/h3-8H2,1-2H3. The van der Waals surface area contributed by atoms with E-state index in [2.05, 4.69) is 24.0 Å². The van der Waals surface area contributed by atoms with Crippen LogP contribution in [-0.4, -0.2) is 34.1 Å². The fourth-order valence-corrected chi connectivity index (χ4v) is 2.24. The van der Waals surface area contributed by atoms with E-state index >= 15 is 0 Å². The highest BCUT2D eigenvalue weighted by Gasteiger charge is 2.18. The Labute approximate surface area is 111 Å². The van der Waals surface area contributed by atoms with Gasteiger partial charge in [0.15, 0.2) is 0 Å². The van der Waals surface area contributed by atoms with E-state index < -0.39 is 0 Å². The monoisotopic (exact) mass is 275 g/mol. The summed E-state index contributed by atoms with van der Waals surface area (Å²) in [5, 5.41) is 7.86. The van der Waals surface area contributed by atoms with Crippen LogP contribution in [0.15, 0.2) is 0 Å². The number of carbonyl (C=O) groups excluding carboxylic acids is 1. The van der Waals surface area contributed by atoms with Gasteiger partial charge in [0.05, 0.1) is 0 Å². The van der Waals surface area contributed by atoms with Gasteiger partial charge in [0.25, 0.3) is 5.91 Å². The summed E-state index contributed by atoms with van der Waals surface area (Å²) in [6.45, 7) is 5.80. The average molecular weight is 276 g/mol. The molecule has 96 valence electrons. The lowest BCUT2D eigenvalue weighted by atomic mass is 10.2. The summed E-state index contributed by atoms with van der Waals surface area (Å²) in [5.74, 6) is -0.0451. The Morgan fingerprint density at radius 1 is 1.24 bits per heavy atom. The molecular weight excluding hydrogens is 258 g/mol. The smallest absolute Gasteiger partial charge is 0.284 e. The second kappa shape index (κ2) is 7.61. The molecule has 0 unspecified atom stereocenters. The zero-order valence-electron chi connectivity index (χ0n) is 10.3. The van der Waals surface area contributed by atoms with E-state index in [0.717, 1.165) is 50.1 Å². The maximum absolute atomic E-state index is 12.1. The second-order valence-electron chi connectivity index (χ2n) is 3.86. The fraction of sp³-hybridized carbons (Fsp3) is 0.727. The molecule has 0 atom stereocenters. The van der Waals surface area contributed by atoms with Gasteiger partial charge in [-0.3, -0.25) is 4.79 Å². The minimum Gasteiger partial charge on any atom is -0.337 e. The SMILES string of the molecule is CCCCN(CCCC)C(=O)c1nnc(Cl)s1. The molecular formula is C11H18ClN3OS. The van der Waals surface area contributed by atoms with Crippen molar-refractivity contribution in [3.8, 4) is 0 Å². The van der Waals surface area contributed by atoms with E-state index in [1.54, 1.807) is 0 Å². The molecule has 0 radical (unpaired) electrons. The van der Waals surface area contributed by atoms with Gasteiger partial charge in [-0.05, 0) is 24.4 Å². The van der Waals surface area contributed by atoms with Gasteiger partial charge in [-0.25, -0.2) is 0 Å². The zero-order valence-corrected chi connectivity index (χ0v) is 11.9. The summed E-state index contributed by atoms with van der Waals surface area (Å²) in [6, 6.07) is 0. The first-order valence-electron chi connectivity index (χ1n) is 5.97. The van der Waals surface area contributed by atoms with Gasteiger partial charge in [-0.15, -0.1) is 10.2 Å². The van der Waals surface area contributed by atoms with Crippen molar-refractivity contribution in [2.45, 2.75) is 39.5 Å². The maximum atomic E-state index is 12.1. The number of hydrogen-bond donors (Lipinski definition) is 0. The minimum absolute atomic E-state index is 0.0451. The van der Waals surface area contributed by atoms with Crippen LogP contribution in [-0.2, 0) is 0 Å². The van der Waals surface area contributed by atoms with Crippen LogP contribution < -0.4 is 0 Å². The Kier molecular flexibility index (Phi) is 6.44. The zero-order chi connectivity index (χ0) is 12.7. The van der Waals surface area contributed by atoms with Crippen LogP contribution in [0.2, 0.25) is 4.47 Å². The molecule has 4 nitrogen and oxygen atoms in total. The number of nitrogens with zero attached hydrogens (tertiary/aromatic N) is 3. The van der Waals surface area contributed by atoms with Crippen LogP contribution in [0.5, 0.6) is 0 Å². The topological polar surface area (TPSA) is 46.1 Å². The first kappa shape index (κ1) is 14.4. The van der Waals surface area contributed by atoms with Crippen LogP contribution in [0.3, 0.4) is 0 Å². The molecule has 0 bridgehead atoms. The van der Waals surface area contributed by atoms with Gasteiger partial charge in [-0.1, -0.05) is 38.0 Å². The van der Waals surface area contributed by atoms with Crippen LogP contribution in [0, 0.1) is 0 Å². The predicted octanol–water partition coefficient (Wildman–Crippen LogP) is 3.23. The number of rotatable bonds is 7.